The van der Waals surface area contributed by atoms with E-state index in [-0.39, 0.29) is 17.9 Å². The van der Waals surface area contributed by atoms with Crippen molar-refractivity contribution in [1.82, 2.24) is 9.80 Å². The van der Waals surface area contributed by atoms with Crippen molar-refractivity contribution in [2.24, 2.45) is 5.92 Å². The largest absolute Gasteiger partial charge is 0.481 e. The van der Waals surface area contributed by atoms with Crippen LogP contribution >= 0.6 is 0 Å². The molecule has 2 aliphatic rings. The van der Waals surface area contributed by atoms with Gasteiger partial charge in [-0.3, -0.25) is 14.5 Å². The third kappa shape index (κ3) is 3.61. The van der Waals surface area contributed by atoms with Crippen LogP contribution in [0.1, 0.15) is 42.9 Å². The summed E-state index contributed by atoms with van der Waals surface area (Å²) in [5.74, 6) is -1.00. The van der Waals surface area contributed by atoms with Crippen molar-refractivity contribution in [2.75, 3.05) is 26.7 Å². The minimum absolute atomic E-state index is 0.0859. The van der Waals surface area contributed by atoms with Gasteiger partial charge in [-0.1, -0.05) is 24.3 Å². The van der Waals surface area contributed by atoms with Crippen molar-refractivity contribution in [1.29, 1.82) is 0 Å². The first kappa shape index (κ1) is 17.0. The molecule has 5 heteroatoms. The fourth-order valence-corrected chi connectivity index (χ4v) is 4.01. The third-order valence-corrected chi connectivity index (χ3v) is 5.41. The number of amides is 1. The molecule has 2 unspecified atom stereocenters. The van der Waals surface area contributed by atoms with Crippen molar-refractivity contribution in [3.05, 3.63) is 35.4 Å². The SMILES string of the molecule is CN(C(=O)CN1CCCC(C(=O)O)C1)C1CCCc2ccccc21. The Morgan fingerprint density at radius 3 is 2.83 bits per heavy atom. The fourth-order valence-electron chi connectivity index (χ4n) is 4.01. The highest BCUT2D eigenvalue weighted by Gasteiger charge is 2.30. The number of hydrogen-bond donors (Lipinski definition) is 1. The molecule has 130 valence electrons. The molecule has 24 heavy (non-hydrogen) atoms. The molecule has 0 spiro atoms. The Morgan fingerprint density at radius 2 is 2.04 bits per heavy atom. The molecular formula is C19H26N2O3. The van der Waals surface area contributed by atoms with E-state index < -0.39 is 5.97 Å². The molecule has 0 aromatic heterocycles. The van der Waals surface area contributed by atoms with E-state index >= 15 is 0 Å². The van der Waals surface area contributed by atoms with Gasteiger partial charge in [0.1, 0.15) is 0 Å². The zero-order chi connectivity index (χ0) is 17.1. The predicted molar refractivity (Wildman–Crippen MR) is 91.7 cm³/mol. The number of aliphatic carboxylic acids is 1. The lowest BCUT2D eigenvalue weighted by Crippen LogP contribution is -2.45. The van der Waals surface area contributed by atoms with E-state index in [1.807, 2.05) is 22.9 Å². The molecule has 1 aromatic carbocycles. The number of piperidine rings is 1. The molecule has 0 saturated carbocycles. The standard InChI is InChI=1S/C19H26N2O3/c1-20(17-10-4-7-14-6-2-3-9-16(14)17)18(22)13-21-11-5-8-15(12-21)19(23)24/h2-3,6,9,15,17H,4-5,7-8,10-13H2,1H3,(H,23,24). The Morgan fingerprint density at radius 1 is 1.25 bits per heavy atom. The van der Waals surface area contributed by atoms with Crippen molar-refractivity contribution < 1.29 is 14.7 Å². The van der Waals surface area contributed by atoms with E-state index in [1.54, 1.807) is 0 Å². The average Bonchev–Trinajstić information content (AvgIpc) is 2.60. The van der Waals surface area contributed by atoms with E-state index in [4.69, 9.17) is 0 Å². The summed E-state index contributed by atoms with van der Waals surface area (Å²) in [5.41, 5.74) is 2.61. The second-order valence-corrected chi connectivity index (χ2v) is 7.02. The molecule has 1 N–H and O–H groups in total. The number of carboxylic acid groups (broad SMARTS) is 1. The highest BCUT2D eigenvalue weighted by molar-refractivity contribution is 5.79. The number of likely N-dealkylation sites (N-methyl/N-ethyl adjacent to an activating group) is 1. The van der Waals surface area contributed by atoms with Gasteiger partial charge in [0.15, 0.2) is 0 Å². The number of carboxylic acids is 1. The lowest BCUT2D eigenvalue weighted by Gasteiger charge is -2.36. The number of aryl methyl sites for hydroxylation is 1. The summed E-state index contributed by atoms with van der Waals surface area (Å²) in [6.45, 7) is 1.61. The summed E-state index contributed by atoms with van der Waals surface area (Å²) in [4.78, 5) is 27.8. The summed E-state index contributed by atoms with van der Waals surface area (Å²) in [6, 6.07) is 8.52. The molecule has 0 bridgehead atoms. The maximum atomic E-state index is 12.7. The van der Waals surface area contributed by atoms with Gasteiger partial charge in [-0.15, -0.1) is 0 Å². The van der Waals surface area contributed by atoms with Gasteiger partial charge in [0.2, 0.25) is 5.91 Å². The van der Waals surface area contributed by atoms with Crippen molar-refractivity contribution in [3.63, 3.8) is 0 Å². The van der Waals surface area contributed by atoms with Gasteiger partial charge >= 0.3 is 5.97 Å². The van der Waals surface area contributed by atoms with E-state index in [1.165, 1.54) is 11.1 Å². The average molecular weight is 330 g/mol. The predicted octanol–water partition coefficient (Wildman–Crippen LogP) is 2.32. The molecule has 2 atom stereocenters. The molecule has 1 fully saturated rings. The third-order valence-electron chi connectivity index (χ3n) is 5.41. The molecule has 1 aliphatic heterocycles. The van der Waals surface area contributed by atoms with Crippen LogP contribution in [0.3, 0.4) is 0 Å². The van der Waals surface area contributed by atoms with Gasteiger partial charge in [-0.2, -0.15) is 0 Å². The Labute approximate surface area is 143 Å². The lowest BCUT2D eigenvalue weighted by atomic mass is 9.87. The van der Waals surface area contributed by atoms with Gasteiger partial charge in [-0.25, -0.2) is 0 Å². The number of hydrogen-bond acceptors (Lipinski definition) is 3. The second-order valence-electron chi connectivity index (χ2n) is 7.02. The number of likely N-dealkylation sites (tertiary alicyclic amines) is 1. The van der Waals surface area contributed by atoms with Crippen LogP contribution in [-0.4, -0.2) is 53.5 Å². The van der Waals surface area contributed by atoms with Gasteiger partial charge in [0, 0.05) is 13.6 Å². The monoisotopic (exact) mass is 330 g/mol. The summed E-state index contributed by atoms with van der Waals surface area (Å²) >= 11 is 0. The first-order valence-electron chi connectivity index (χ1n) is 8.85. The molecule has 1 saturated heterocycles. The number of carbonyl (C=O) groups excluding carboxylic acids is 1. The van der Waals surface area contributed by atoms with E-state index in [0.717, 1.165) is 32.2 Å². The fraction of sp³-hybridized carbons (Fsp3) is 0.579. The molecule has 1 heterocycles. The van der Waals surface area contributed by atoms with Gasteiger partial charge < -0.3 is 10.0 Å². The topological polar surface area (TPSA) is 60.9 Å². The molecular weight excluding hydrogens is 304 g/mol. The second kappa shape index (κ2) is 7.34. The van der Waals surface area contributed by atoms with Crippen LogP contribution in [0.15, 0.2) is 24.3 Å². The van der Waals surface area contributed by atoms with Crippen LogP contribution in [-0.2, 0) is 16.0 Å². The number of fused-ring (bicyclic) bond motifs is 1. The summed E-state index contributed by atoms with van der Waals surface area (Å²) in [6.07, 6.45) is 4.74. The zero-order valence-electron chi connectivity index (χ0n) is 14.3. The van der Waals surface area contributed by atoms with Gasteiger partial charge in [0.25, 0.3) is 0 Å². The number of rotatable bonds is 4. The minimum atomic E-state index is -0.748. The summed E-state index contributed by atoms with van der Waals surface area (Å²) in [7, 11) is 1.88. The van der Waals surface area contributed by atoms with E-state index in [2.05, 4.69) is 18.2 Å². The Hall–Kier alpha value is -1.88. The number of carbonyl (C=O) groups is 2. The van der Waals surface area contributed by atoms with Crippen molar-refractivity contribution in [2.45, 2.75) is 38.1 Å². The smallest absolute Gasteiger partial charge is 0.307 e. The molecule has 3 rings (SSSR count). The summed E-state index contributed by atoms with van der Waals surface area (Å²) in [5, 5.41) is 9.19. The Kier molecular flexibility index (Phi) is 5.19. The Balaban J connectivity index is 1.64. The van der Waals surface area contributed by atoms with E-state index in [9.17, 15) is 14.7 Å². The first-order valence-corrected chi connectivity index (χ1v) is 8.85. The maximum Gasteiger partial charge on any atom is 0.307 e. The molecule has 5 nitrogen and oxygen atoms in total. The van der Waals surface area contributed by atoms with Gasteiger partial charge in [0.05, 0.1) is 18.5 Å². The molecule has 0 radical (unpaired) electrons. The highest BCUT2D eigenvalue weighted by Crippen LogP contribution is 2.33. The summed E-state index contributed by atoms with van der Waals surface area (Å²) < 4.78 is 0. The Bertz CT molecular complexity index is 616. The van der Waals surface area contributed by atoms with Crippen LogP contribution in [0, 0.1) is 5.92 Å². The van der Waals surface area contributed by atoms with Crippen molar-refractivity contribution >= 4 is 11.9 Å². The number of nitrogens with zero attached hydrogens (tertiary/aromatic N) is 2. The van der Waals surface area contributed by atoms with Crippen LogP contribution in [0.5, 0.6) is 0 Å². The molecule has 1 aromatic rings. The van der Waals surface area contributed by atoms with Crippen molar-refractivity contribution in [3.8, 4) is 0 Å². The minimum Gasteiger partial charge on any atom is -0.481 e. The number of benzene rings is 1. The van der Waals surface area contributed by atoms with E-state index in [0.29, 0.717) is 19.5 Å². The van der Waals surface area contributed by atoms with Crippen LogP contribution < -0.4 is 0 Å². The zero-order valence-corrected chi connectivity index (χ0v) is 14.3. The van der Waals surface area contributed by atoms with Gasteiger partial charge in [-0.05, 0) is 49.8 Å². The van der Waals surface area contributed by atoms with Crippen LogP contribution in [0.25, 0.3) is 0 Å². The normalized spacial score (nSPS) is 24.2. The highest BCUT2D eigenvalue weighted by atomic mass is 16.4. The molecule has 1 amide bonds. The quantitative estimate of drug-likeness (QED) is 0.920. The van der Waals surface area contributed by atoms with Crippen LogP contribution in [0.4, 0.5) is 0 Å². The lowest BCUT2D eigenvalue weighted by molar-refractivity contribution is -0.145. The first-order chi connectivity index (χ1) is 11.6. The van der Waals surface area contributed by atoms with Crippen LogP contribution in [0.2, 0.25) is 0 Å². The maximum absolute atomic E-state index is 12.7. The molecule has 1 aliphatic carbocycles.